The molecule has 1 fully saturated rings. The molecule has 0 aliphatic heterocycles. The molecule has 1 unspecified atom stereocenters. The molecule has 4 rings (SSSR count). The van der Waals surface area contributed by atoms with Crippen LogP contribution in [0.4, 0.5) is 5.82 Å². The SMILES string of the molecule is CCC(C)O.c1nc(NC2CCCCC2)c2c3c(sc2n1)CCC3. The highest BCUT2D eigenvalue weighted by Crippen LogP contribution is 2.39. The molecule has 0 saturated heterocycles. The van der Waals surface area contributed by atoms with E-state index in [0.29, 0.717) is 6.04 Å². The molecule has 2 aliphatic rings. The summed E-state index contributed by atoms with van der Waals surface area (Å²) in [6, 6.07) is 0.615. The lowest BCUT2D eigenvalue weighted by molar-refractivity contribution is 0.191. The van der Waals surface area contributed by atoms with Crippen molar-refractivity contribution in [3.8, 4) is 0 Å². The third kappa shape index (κ3) is 4.06. The van der Waals surface area contributed by atoms with Gasteiger partial charge in [-0.05, 0) is 51.0 Å². The van der Waals surface area contributed by atoms with Gasteiger partial charge in [-0.25, -0.2) is 9.97 Å². The van der Waals surface area contributed by atoms with Gasteiger partial charge < -0.3 is 10.4 Å². The van der Waals surface area contributed by atoms with Crippen LogP contribution in [0.2, 0.25) is 0 Å². The summed E-state index contributed by atoms with van der Waals surface area (Å²) in [6.45, 7) is 3.73. The first-order valence-electron chi connectivity index (χ1n) is 9.39. The number of rotatable bonds is 3. The molecule has 0 radical (unpaired) electrons. The van der Waals surface area contributed by atoms with Crippen LogP contribution >= 0.6 is 11.3 Å². The summed E-state index contributed by atoms with van der Waals surface area (Å²) in [6.07, 6.45) is 12.9. The van der Waals surface area contributed by atoms with Gasteiger partial charge in [0.25, 0.3) is 0 Å². The monoisotopic (exact) mass is 347 g/mol. The summed E-state index contributed by atoms with van der Waals surface area (Å²) in [4.78, 5) is 11.7. The van der Waals surface area contributed by atoms with Crippen molar-refractivity contribution < 1.29 is 5.11 Å². The Morgan fingerprint density at radius 3 is 2.67 bits per heavy atom. The maximum absolute atomic E-state index is 8.36. The van der Waals surface area contributed by atoms with Gasteiger partial charge in [0.2, 0.25) is 0 Å². The van der Waals surface area contributed by atoms with Gasteiger partial charge in [-0.3, -0.25) is 0 Å². The summed E-state index contributed by atoms with van der Waals surface area (Å²) in [7, 11) is 0. The minimum Gasteiger partial charge on any atom is -0.393 e. The zero-order chi connectivity index (χ0) is 16.9. The number of aryl methyl sites for hydroxylation is 2. The van der Waals surface area contributed by atoms with Gasteiger partial charge in [0.15, 0.2) is 0 Å². The second-order valence-corrected chi connectivity index (χ2v) is 8.08. The lowest BCUT2D eigenvalue weighted by Crippen LogP contribution is -2.23. The molecular weight excluding hydrogens is 318 g/mol. The first-order chi connectivity index (χ1) is 11.7. The molecule has 5 heteroatoms. The number of nitrogens with one attached hydrogen (secondary N) is 1. The smallest absolute Gasteiger partial charge is 0.138 e. The maximum Gasteiger partial charge on any atom is 0.138 e. The molecule has 2 aromatic rings. The van der Waals surface area contributed by atoms with Gasteiger partial charge in [0, 0.05) is 10.9 Å². The first-order valence-corrected chi connectivity index (χ1v) is 10.2. The maximum atomic E-state index is 8.36. The van der Waals surface area contributed by atoms with Crippen LogP contribution in [0.3, 0.4) is 0 Å². The second kappa shape index (κ2) is 8.26. The molecule has 2 heterocycles. The standard InChI is InChI=1S/C15H19N3S.C4H10O/c1-2-5-10(6-3-1)18-14-13-11-7-4-8-12(11)19-15(13)17-9-16-14;1-3-4(2)5/h9-10H,1-8H2,(H,16,17,18);4-5H,3H2,1-2H3. The summed E-state index contributed by atoms with van der Waals surface area (Å²) < 4.78 is 0. The molecule has 1 atom stereocenters. The Morgan fingerprint density at radius 2 is 1.96 bits per heavy atom. The lowest BCUT2D eigenvalue weighted by atomic mass is 9.95. The molecule has 0 bridgehead atoms. The van der Waals surface area contributed by atoms with Crippen LogP contribution in [0, 0.1) is 0 Å². The van der Waals surface area contributed by atoms with Crippen molar-refractivity contribution in [2.24, 2.45) is 0 Å². The van der Waals surface area contributed by atoms with Crippen LogP contribution in [0.5, 0.6) is 0 Å². The molecule has 2 aliphatic carbocycles. The van der Waals surface area contributed by atoms with E-state index >= 15 is 0 Å². The fourth-order valence-corrected chi connectivity index (χ4v) is 4.71. The van der Waals surface area contributed by atoms with E-state index in [1.165, 1.54) is 67.1 Å². The average Bonchev–Trinajstić information content (AvgIpc) is 3.17. The van der Waals surface area contributed by atoms with Gasteiger partial charge >= 0.3 is 0 Å². The van der Waals surface area contributed by atoms with E-state index in [2.05, 4.69) is 15.3 Å². The summed E-state index contributed by atoms with van der Waals surface area (Å²) in [5.41, 5.74) is 1.53. The number of nitrogens with zero attached hydrogens (tertiary/aromatic N) is 2. The highest BCUT2D eigenvalue weighted by atomic mass is 32.1. The number of anilines is 1. The van der Waals surface area contributed by atoms with E-state index in [4.69, 9.17) is 5.11 Å². The van der Waals surface area contributed by atoms with Crippen LogP contribution in [0.1, 0.15) is 69.2 Å². The number of fused-ring (bicyclic) bond motifs is 3. The zero-order valence-electron chi connectivity index (χ0n) is 14.8. The summed E-state index contributed by atoms with van der Waals surface area (Å²) in [5, 5.41) is 13.4. The summed E-state index contributed by atoms with van der Waals surface area (Å²) in [5.74, 6) is 1.09. The molecule has 2 aromatic heterocycles. The predicted octanol–water partition coefficient (Wildman–Crippen LogP) is 4.70. The van der Waals surface area contributed by atoms with E-state index in [1.54, 1.807) is 18.1 Å². The number of aromatic nitrogens is 2. The Balaban J connectivity index is 0.000000300. The summed E-state index contributed by atoms with van der Waals surface area (Å²) >= 11 is 1.87. The van der Waals surface area contributed by atoms with Gasteiger partial charge in [0.1, 0.15) is 17.0 Å². The predicted molar refractivity (Wildman–Crippen MR) is 102 cm³/mol. The van der Waals surface area contributed by atoms with Gasteiger partial charge in [-0.1, -0.05) is 26.2 Å². The minimum absolute atomic E-state index is 0.116. The molecule has 132 valence electrons. The van der Waals surface area contributed by atoms with Crippen LogP contribution < -0.4 is 5.32 Å². The number of aliphatic hydroxyl groups is 1. The Morgan fingerprint density at radius 1 is 1.21 bits per heavy atom. The second-order valence-electron chi connectivity index (χ2n) is 7.00. The molecule has 24 heavy (non-hydrogen) atoms. The van der Waals surface area contributed by atoms with E-state index < -0.39 is 0 Å². The number of hydrogen-bond acceptors (Lipinski definition) is 5. The van der Waals surface area contributed by atoms with Crippen molar-refractivity contribution >= 4 is 27.4 Å². The van der Waals surface area contributed by atoms with Crippen molar-refractivity contribution in [2.45, 2.75) is 83.8 Å². The van der Waals surface area contributed by atoms with Crippen molar-refractivity contribution in [2.75, 3.05) is 5.32 Å². The van der Waals surface area contributed by atoms with Gasteiger partial charge in [-0.15, -0.1) is 11.3 Å². The van der Waals surface area contributed by atoms with Crippen LogP contribution in [0.15, 0.2) is 6.33 Å². The van der Waals surface area contributed by atoms with Crippen molar-refractivity contribution in [1.29, 1.82) is 0 Å². The van der Waals surface area contributed by atoms with E-state index in [-0.39, 0.29) is 6.10 Å². The van der Waals surface area contributed by atoms with Crippen LogP contribution in [0.25, 0.3) is 10.2 Å². The Labute approximate surface area is 148 Å². The fourth-order valence-electron chi connectivity index (χ4n) is 3.48. The van der Waals surface area contributed by atoms with Gasteiger partial charge in [0.05, 0.1) is 11.5 Å². The number of aliphatic hydroxyl groups excluding tert-OH is 1. The highest BCUT2D eigenvalue weighted by molar-refractivity contribution is 7.19. The third-order valence-corrected chi connectivity index (χ3v) is 6.24. The van der Waals surface area contributed by atoms with Crippen LogP contribution in [-0.4, -0.2) is 27.2 Å². The quantitative estimate of drug-likeness (QED) is 0.845. The largest absolute Gasteiger partial charge is 0.393 e. The number of thiophene rings is 1. The van der Waals surface area contributed by atoms with Crippen molar-refractivity contribution in [3.05, 3.63) is 16.8 Å². The molecule has 1 saturated carbocycles. The normalized spacial score (nSPS) is 18.8. The minimum atomic E-state index is -0.116. The third-order valence-electron chi connectivity index (χ3n) is 5.04. The van der Waals surface area contributed by atoms with Crippen molar-refractivity contribution in [3.63, 3.8) is 0 Å². The van der Waals surface area contributed by atoms with E-state index in [1.807, 2.05) is 18.3 Å². The Kier molecular flexibility index (Phi) is 6.06. The van der Waals surface area contributed by atoms with E-state index in [0.717, 1.165) is 12.2 Å². The lowest BCUT2D eigenvalue weighted by Gasteiger charge is -2.23. The Bertz CT molecular complexity index is 662. The zero-order valence-corrected chi connectivity index (χ0v) is 15.7. The average molecular weight is 348 g/mol. The highest BCUT2D eigenvalue weighted by Gasteiger charge is 2.22. The molecule has 0 amide bonds. The Hall–Kier alpha value is -1.20. The molecule has 2 N–H and O–H groups in total. The van der Waals surface area contributed by atoms with Gasteiger partial charge in [-0.2, -0.15) is 0 Å². The molecule has 4 nitrogen and oxygen atoms in total. The molecular formula is C19H29N3OS. The van der Waals surface area contributed by atoms with Crippen molar-refractivity contribution in [1.82, 2.24) is 9.97 Å². The first kappa shape index (κ1) is 17.6. The van der Waals surface area contributed by atoms with E-state index in [9.17, 15) is 0 Å². The van der Waals surface area contributed by atoms with Crippen LogP contribution in [-0.2, 0) is 12.8 Å². The molecule has 0 aromatic carbocycles. The fraction of sp³-hybridized carbons (Fsp3) is 0.684. The number of hydrogen-bond donors (Lipinski definition) is 2. The topological polar surface area (TPSA) is 58.0 Å². The molecule has 0 spiro atoms.